The highest BCUT2D eigenvalue weighted by Gasteiger charge is 2.38. The molecule has 19 heavy (non-hydrogen) atoms. The molecule has 1 N–H and O–H groups in total. The summed E-state index contributed by atoms with van der Waals surface area (Å²) in [6.45, 7) is 3.32. The Morgan fingerprint density at radius 1 is 1.37 bits per heavy atom. The van der Waals surface area contributed by atoms with E-state index in [4.69, 9.17) is 0 Å². The van der Waals surface area contributed by atoms with Gasteiger partial charge in [-0.05, 0) is 24.7 Å². The van der Waals surface area contributed by atoms with Crippen LogP contribution in [0.5, 0.6) is 0 Å². The van der Waals surface area contributed by atoms with Crippen LogP contribution in [0, 0.1) is 5.82 Å². The van der Waals surface area contributed by atoms with Crippen molar-refractivity contribution in [2.75, 3.05) is 33.2 Å². The third kappa shape index (κ3) is 2.35. The third-order valence-corrected chi connectivity index (χ3v) is 3.96. The van der Waals surface area contributed by atoms with Crippen LogP contribution < -0.4 is 5.32 Å². The molecule has 2 fully saturated rings. The van der Waals surface area contributed by atoms with Gasteiger partial charge >= 0.3 is 0 Å². The first-order valence-electron chi connectivity index (χ1n) is 6.63. The van der Waals surface area contributed by atoms with Crippen molar-refractivity contribution in [2.24, 2.45) is 0 Å². The molecule has 2 unspecified atom stereocenters. The number of rotatable bonds is 1. The molecular weight excluding hydrogens is 245 g/mol. The molecule has 2 atom stereocenters. The highest BCUT2D eigenvalue weighted by molar-refractivity contribution is 5.84. The van der Waals surface area contributed by atoms with Gasteiger partial charge < -0.3 is 15.1 Å². The number of amides is 1. The lowest BCUT2D eigenvalue weighted by Gasteiger charge is -2.45. The van der Waals surface area contributed by atoms with Crippen LogP contribution in [0.3, 0.4) is 0 Å². The molecule has 0 saturated carbocycles. The Labute approximate surface area is 112 Å². The summed E-state index contributed by atoms with van der Waals surface area (Å²) in [5.74, 6) is -0.234. The highest BCUT2D eigenvalue weighted by atomic mass is 19.1. The summed E-state index contributed by atoms with van der Waals surface area (Å²) in [7, 11) is 2.07. The van der Waals surface area contributed by atoms with Crippen LogP contribution in [0.15, 0.2) is 24.3 Å². The van der Waals surface area contributed by atoms with E-state index >= 15 is 0 Å². The molecule has 1 amide bonds. The van der Waals surface area contributed by atoms with Gasteiger partial charge in [0.15, 0.2) is 0 Å². The van der Waals surface area contributed by atoms with E-state index in [-0.39, 0.29) is 17.8 Å². The number of nitrogens with one attached hydrogen (secondary N) is 1. The molecule has 2 aliphatic rings. The van der Waals surface area contributed by atoms with E-state index in [1.165, 1.54) is 12.1 Å². The zero-order valence-electron chi connectivity index (χ0n) is 11.0. The molecule has 3 rings (SSSR count). The maximum atomic E-state index is 13.3. The van der Waals surface area contributed by atoms with Crippen molar-refractivity contribution in [3.05, 3.63) is 35.6 Å². The second kappa shape index (κ2) is 4.90. The van der Waals surface area contributed by atoms with Crippen LogP contribution in [-0.4, -0.2) is 55.0 Å². The summed E-state index contributed by atoms with van der Waals surface area (Å²) in [5.41, 5.74) is 0.711. The van der Waals surface area contributed by atoms with Crippen molar-refractivity contribution >= 4 is 5.91 Å². The Hall–Kier alpha value is -1.46. The van der Waals surface area contributed by atoms with Crippen molar-refractivity contribution in [3.63, 3.8) is 0 Å². The average molecular weight is 263 g/mol. The van der Waals surface area contributed by atoms with Crippen molar-refractivity contribution in [2.45, 2.75) is 12.1 Å². The fraction of sp³-hybridized carbons (Fsp3) is 0.500. The number of likely N-dealkylation sites (N-methyl/N-ethyl adjacent to an activating group) is 1. The SMILES string of the molecule is CN1CCN2C(=O)C(c3cccc(F)c3)NCC2C1. The fourth-order valence-corrected chi connectivity index (χ4v) is 2.93. The van der Waals surface area contributed by atoms with Gasteiger partial charge in [-0.3, -0.25) is 4.79 Å². The van der Waals surface area contributed by atoms with Gasteiger partial charge in [0.05, 0.1) is 6.04 Å². The summed E-state index contributed by atoms with van der Waals surface area (Å²) >= 11 is 0. The second-order valence-corrected chi connectivity index (χ2v) is 5.34. The van der Waals surface area contributed by atoms with Crippen LogP contribution in [0.4, 0.5) is 4.39 Å². The first-order chi connectivity index (χ1) is 9.15. The standard InChI is InChI=1S/C14H18FN3O/c1-17-5-6-18-12(9-17)8-16-13(14(18)19)10-3-2-4-11(15)7-10/h2-4,7,12-13,16H,5-6,8-9H2,1H3. The van der Waals surface area contributed by atoms with Crippen LogP contribution in [0.25, 0.3) is 0 Å². The van der Waals surface area contributed by atoms with E-state index in [9.17, 15) is 9.18 Å². The zero-order chi connectivity index (χ0) is 13.4. The van der Waals surface area contributed by atoms with Gasteiger partial charge in [-0.25, -0.2) is 4.39 Å². The number of carbonyl (C=O) groups is 1. The Balaban J connectivity index is 1.81. The number of halogens is 1. The molecule has 0 radical (unpaired) electrons. The van der Waals surface area contributed by atoms with E-state index in [0.29, 0.717) is 5.56 Å². The molecule has 1 aromatic carbocycles. The molecule has 102 valence electrons. The first kappa shape index (κ1) is 12.6. The number of benzene rings is 1. The molecule has 4 nitrogen and oxygen atoms in total. The van der Waals surface area contributed by atoms with Gasteiger partial charge in [0.1, 0.15) is 11.9 Å². The molecule has 5 heteroatoms. The summed E-state index contributed by atoms with van der Waals surface area (Å²) in [6.07, 6.45) is 0. The number of piperazine rings is 2. The van der Waals surface area contributed by atoms with Crippen molar-refractivity contribution < 1.29 is 9.18 Å². The number of hydrogen-bond donors (Lipinski definition) is 1. The lowest BCUT2D eigenvalue weighted by atomic mass is 9.99. The molecule has 2 aliphatic heterocycles. The van der Waals surface area contributed by atoms with Gasteiger partial charge in [-0.2, -0.15) is 0 Å². The molecule has 0 bridgehead atoms. The van der Waals surface area contributed by atoms with Gasteiger partial charge in [0.25, 0.3) is 0 Å². The minimum absolute atomic E-state index is 0.0648. The van der Waals surface area contributed by atoms with Gasteiger partial charge in [-0.15, -0.1) is 0 Å². The first-order valence-corrected chi connectivity index (χ1v) is 6.63. The summed E-state index contributed by atoms with van der Waals surface area (Å²) < 4.78 is 13.3. The van der Waals surface area contributed by atoms with Crippen molar-refractivity contribution in [1.82, 2.24) is 15.1 Å². The van der Waals surface area contributed by atoms with Crippen LogP contribution in [0.1, 0.15) is 11.6 Å². The molecule has 0 aromatic heterocycles. The predicted octanol–water partition coefficient (Wildman–Crippen LogP) is 0.613. The number of fused-ring (bicyclic) bond motifs is 1. The van der Waals surface area contributed by atoms with E-state index < -0.39 is 6.04 Å². The average Bonchev–Trinajstić information content (AvgIpc) is 2.39. The number of carbonyl (C=O) groups excluding carboxylic acids is 1. The topological polar surface area (TPSA) is 35.6 Å². The zero-order valence-corrected chi connectivity index (χ0v) is 11.0. The van der Waals surface area contributed by atoms with E-state index in [0.717, 1.165) is 26.2 Å². The maximum absolute atomic E-state index is 13.3. The van der Waals surface area contributed by atoms with E-state index in [1.54, 1.807) is 12.1 Å². The third-order valence-electron chi connectivity index (χ3n) is 3.96. The van der Waals surface area contributed by atoms with Crippen molar-refractivity contribution in [3.8, 4) is 0 Å². The predicted molar refractivity (Wildman–Crippen MR) is 70.1 cm³/mol. The smallest absolute Gasteiger partial charge is 0.244 e. The molecule has 2 heterocycles. The molecule has 1 aromatic rings. The normalized spacial score (nSPS) is 28.3. The Bertz CT molecular complexity index is 493. The molecule has 0 aliphatic carbocycles. The quantitative estimate of drug-likeness (QED) is 0.806. The van der Waals surface area contributed by atoms with Crippen LogP contribution in [0.2, 0.25) is 0 Å². The Kier molecular flexibility index (Phi) is 3.24. The Morgan fingerprint density at radius 2 is 2.21 bits per heavy atom. The lowest BCUT2D eigenvalue weighted by molar-refractivity contribution is -0.141. The Morgan fingerprint density at radius 3 is 3.00 bits per heavy atom. The summed E-state index contributed by atoms with van der Waals surface area (Å²) in [5, 5.41) is 3.25. The minimum atomic E-state index is -0.407. The van der Waals surface area contributed by atoms with Crippen LogP contribution >= 0.6 is 0 Å². The number of hydrogen-bond acceptors (Lipinski definition) is 3. The molecule has 0 spiro atoms. The number of nitrogens with zero attached hydrogens (tertiary/aromatic N) is 2. The van der Waals surface area contributed by atoms with Gasteiger partial charge in [0.2, 0.25) is 5.91 Å². The lowest BCUT2D eigenvalue weighted by Crippen LogP contribution is -2.63. The highest BCUT2D eigenvalue weighted by Crippen LogP contribution is 2.23. The summed E-state index contributed by atoms with van der Waals surface area (Å²) in [4.78, 5) is 16.7. The fourth-order valence-electron chi connectivity index (χ4n) is 2.93. The largest absolute Gasteiger partial charge is 0.334 e. The molecular formula is C14H18FN3O. The van der Waals surface area contributed by atoms with E-state index in [2.05, 4.69) is 17.3 Å². The second-order valence-electron chi connectivity index (χ2n) is 5.34. The maximum Gasteiger partial charge on any atom is 0.244 e. The minimum Gasteiger partial charge on any atom is -0.334 e. The molecule has 2 saturated heterocycles. The van der Waals surface area contributed by atoms with E-state index in [1.807, 2.05) is 4.90 Å². The monoisotopic (exact) mass is 263 g/mol. The summed E-state index contributed by atoms with van der Waals surface area (Å²) in [6, 6.07) is 6.11. The van der Waals surface area contributed by atoms with Crippen LogP contribution in [-0.2, 0) is 4.79 Å². The van der Waals surface area contributed by atoms with Crippen molar-refractivity contribution in [1.29, 1.82) is 0 Å². The van der Waals surface area contributed by atoms with Gasteiger partial charge in [-0.1, -0.05) is 12.1 Å². The van der Waals surface area contributed by atoms with Gasteiger partial charge in [0, 0.05) is 26.2 Å².